The van der Waals surface area contributed by atoms with Gasteiger partial charge in [-0.25, -0.2) is 0 Å². The molecule has 16 nitrogen and oxygen atoms in total. The van der Waals surface area contributed by atoms with Crippen molar-refractivity contribution in [1.29, 1.82) is 0 Å². The second-order valence-electron chi connectivity index (χ2n) is 7.17. The molecule has 1 fully saturated rings. The van der Waals surface area contributed by atoms with Crippen molar-refractivity contribution in [2.75, 3.05) is 19.8 Å². The molecular formula is C18H26N5O11. The highest BCUT2D eigenvalue weighted by molar-refractivity contribution is 5.97. The topological polar surface area (TPSA) is 261 Å². The Hall–Kier alpha value is -3.63. The summed E-state index contributed by atoms with van der Waals surface area (Å²) >= 11 is 0. The first-order valence-electron chi connectivity index (χ1n) is 9.99. The summed E-state index contributed by atoms with van der Waals surface area (Å²) < 4.78 is 0. The molecule has 0 unspecified atom stereocenters. The highest BCUT2D eigenvalue weighted by Gasteiger charge is 2.33. The molecule has 1 aliphatic heterocycles. The van der Waals surface area contributed by atoms with Crippen LogP contribution in [-0.4, -0.2) is 112 Å². The Morgan fingerprint density at radius 2 is 1.41 bits per heavy atom. The van der Waals surface area contributed by atoms with Crippen LogP contribution in [-0.2, 0) is 33.6 Å². The summed E-state index contributed by atoms with van der Waals surface area (Å²) in [5, 5.41) is 47.2. The zero-order valence-electron chi connectivity index (χ0n) is 17.8. The van der Waals surface area contributed by atoms with Crippen molar-refractivity contribution in [2.45, 2.75) is 49.5 Å². The quantitative estimate of drug-likeness (QED) is 0.111. The molecule has 1 radical (unpaired) electrons. The molecule has 0 saturated carbocycles. The maximum atomic E-state index is 12.5. The third kappa shape index (κ3) is 8.72. The number of carbonyl (C=O) groups is 6. The SMILES string of the molecule is O=[C][C@H](CO)NC(=O)[C@H](CO)NC(=O)[C@H](CO)NC(=O)[C@H](CC(=O)O)NC(=O)[C@@H]1CCC(=O)N1. The van der Waals surface area contributed by atoms with Gasteiger partial charge < -0.3 is 47.0 Å². The minimum atomic E-state index is -1.72. The summed E-state index contributed by atoms with van der Waals surface area (Å²) in [7, 11) is 0. The van der Waals surface area contributed by atoms with Crippen molar-refractivity contribution in [3.05, 3.63) is 0 Å². The van der Waals surface area contributed by atoms with Crippen LogP contribution in [0, 0.1) is 0 Å². The van der Waals surface area contributed by atoms with Gasteiger partial charge in [0.25, 0.3) is 0 Å². The number of carboxylic acid groups (broad SMARTS) is 1. The summed E-state index contributed by atoms with van der Waals surface area (Å²) in [5.41, 5.74) is 0. The number of hydrogen-bond donors (Lipinski definition) is 9. The van der Waals surface area contributed by atoms with Crippen LogP contribution in [0.5, 0.6) is 0 Å². The average Bonchev–Trinajstić information content (AvgIpc) is 3.24. The van der Waals surface area contributed by atoms with Gasteiger partial charge in [-0.1, -0.05) is 0 Å². The maximum absolute atomic E-state index is 12.5. The van der Waals surface area contributed by atoms with Crippen molar-refractivity contribution in [3.63, 3.8) is 0 Å². The van der Waals surface area contributed by atoms with Gasteiger partial charge in [-0.05, 0) is 6.42 Å². The minimum Gasteiger partial charge on any atom is -0.481 e. The van der Waals surface area contributed by atoms with E-state index in [1.54, 1.807) is 0 Å². The van der Waals surface area contributed by atoms with E-state index in [0.29, 0.717) is 0 Å². The Balaban J connectivity index is 2.81. The fraction of sp³-hybridized carbons (Fsp3) is 0.611. The predicted molar refractivity (Wildman–Crippen MR) is 108 cm³/mol. The van der Waals surface area contributed by atoms with Gasteiger partial charge in [0.15, 0.2) is 0 Å². The molecule has 0 aliphatic carbocycles. The minimum absolute atomic E-state index is 0.0736. The summed E-state index contributed by atoms with van der Waals surface area (Å²) in [6.07, 6.45) is 0.638. The molecule has 9 N–H and O–H groups in total. The number of carboxylic acids is 1. The second-order valence-corrected chi connectivity index (χ2v) is 7.17. The van der Waals surface area contributed by atoms with Crippen molar-refractivity contribution in [2.24, 2.45) is 0 Å². The summed E-state index contributed by atoms with van der Waals surface area (Å²) in [6.45, 7) is -2.76. The van der Waals surface area contributed by atoms with Gasteiger partial charge in [0.2, 0.25) is 35.8 Å². The first-order valence-corrected chi connectivity index (χ1v) is 9.99. The average molecular weight is 488 g/mol. The Morgan fingerprint density at radius 1 is 0.882 bits per heavy atom. The lowest BCUT2D eigenvalue weighted by Gasteiger charge is -2.24. The molecule has 1 aliphatic rings. The summed E-state index contributed by atoms with van der Waals surface area (Å²) in [4.78, 5) is 82.0. The molecule has 5 atom stereocenters. The standard InChI is InChI=1S/C18H26N5O11/c24-4-8(5-25)19-17(33)11(6-26)23-18(34)12(7-27)22-16(32)10(3-14(29)30)21-15(31)9-1-2-13(28)20-9/h8-12,24,26-27H,1-4,6-7H2,(H,19,33)(H,20,28)(H,21,31)(H,22,32)(H,23,34)(H,29,30)/t8-,9-,10-,11-,12-/m0/s1. The number of aliphatic carboxylic acids is 1. The van der Waals surface area contributed by atoms with Crippen LogP contribution in [0.3, 0.4) is 0 Å². The Kier molecular flexibility index (Phi) is 11.5. The molecule has 0 aromatic rings. The van der Waals surface area contributed by atoms with Crippen molar-refractivity contribution in [3.8, 4) is 0 Å². The summed E-state index contributed by atoms with van der Waals surface area (Å²) in [6, 6.07) is -7.42. The molecule has 189 valence electrons. The van der Waals surface area contributed by atoms with Crippen LogP contribution >= 0.6 is 0 Å². The van der Waals surface area contributed by atoms with Gasteiger partial charge in [0.05, 0.1) is 26.2 Å². The monoisotopic (exact) mass is 488 g/mol. The number of amides is 5. The van der Waals surface area contributed by atoms with Crippen LogP contribution in [0.2, 0.25) is 0 Å². The normalized spacial score (nSPS) is 18.4. The van der Waals surface area contributed by atoms with E-state index < -0.39 is 92.0 Å². The van der Waals surface area contributed by atoms with E-state index in [0.717, 1.165) is 0 Å². The molecule has 0 aromatic heterocycles. The fourth-order valence-electron chi connectivity index (χ4n) is 2.78. The zero-order chi connectivity index (χ0) is 25.8. The highest BCUT2D eigenvalue weighted by atomic mass is 16.4. The molecule has 1 rings (SSSR count). The molecule has 0 aromatic carbocycles. The molecule has 1 saturated heterocycles. The molecule has 0 bridgehead atoms. The van der Waals surface area contributed by atoms with E-state index in [1.807, 2.05) is 16.0 Å². The van der Waals surface area contributed by atoms with Gasteiger partial charge >= 0.3 is 5.97 Å². The third-order valence-electron chi connectivity index (χ3n) is 4.60. The fourth-order valence-corrected chi connectivity index (χ4v) is 2.78. The number of aliphatic hydroxyl groups excluding tert-OH is 3. The third-order valence-corrected chi connectivity index (χ3v) is 4.60. The first kappa shape index (κ1) is 28.4. The Labute approximate surface area is 192 Å². The van der Waals surface area contributed by atoms with Gasteiger partial charge in [-0.2, -0.15) is 0 Å². The summed E-state index contributed by atoms with van der Waals surface area (Å²) in [5.74, 6) is -6.08. The Bertz CT molecular complexity index is 805. The second kappa shape index (κ2) is 13.8. The largest absolute Gasteiger partial charge is 0.481 e. The van der Waals surface area contributed by atoms with Crippen LogP contribution in [0.15, 0.2) is 0 Å². The first-order chi connectivity index (χ1) is 16.1. The van der Waals surface area contributed by atoms with Crippen LogP contribution in [0.4, 0.5) is 0 Å². The molecule has 5 amide bonds. The van der Waals surface area contributed by atoms with E-state index in [2.05, 4.69) is 10.6 Å². The van der Waals surface area contributed by atoms with Crippen molar-refractivity contribution in [1.82, 2.24) is 26.6 Å². The van der Waals surface area contributed by atoms with Gasteiger partial charge in [0, 0.05) is 6.42 Å². The number of hydrogen-bond acceptors (Lipinski definition) is 10. The number of aliphatic hydroxyl groups is 3. The number of rotatable bonds is 14. The van der Waals surface area contributed by atoms with E-state index in [1.165, 1.54) is 6.29 Å². The predicted octanol–water partition coefficient (Wildman–Crippen LogP) is -6.23. The van der Waals surface area contributed by atoms with Crippen LogP contribution < -0.4 is 26.6 Å². The van der Waals surface area contributed by atoms with E-state index >= 15 is 0 Å². The van der Waals surface area contributed by atoms with Crippen molar-refractivity contribution < 1.29 is 54.0 Å². The molecule has 1 heterocycles. The molecule has 16 heteroatoms. The molecule has 0 spiro atoms. The van der Waals surface area contributed by atoms with Gasteiger partial charge in [-0.3, -0.25) is 33.6 Å². The van der Waals surface area contributed by atoms with Gasteiger partial charge in [0.1, 0.15) is 30.2 Å². The Morgan fingerprint density at radius 3 is 1.82 bits per heavy atom. The lowest BCUT2D eigenvalue weighted by atomic mass is 10.1. The smallest absolute Gasteiger partial charge is 0.305 e. The van der Waals surface area contributed by atoms with Crippen LogP contribution in [0.25, 0.3) is 0 Å². The lowest BCUT2D eigenvalue weighted by Crippen LogP contribution is -2.60. The van der Waals surface area contributed by atoms with Gasteiger partial charge in [-0.15, -0.1) is 0 Å². The van der Waals surface area contributed by atoms with E-state index in [9.17, 15) is 43.8 Å². The molecular weight excluding hydrogens is 462 g/mol. The number of nitrogens with one attached hydrogen (secondary N) is 5. The zero-order valence-corrected chi connectivity index (χ0v) is 17.8. The lowest BCUT2D eigenvalue weighted by molar-refractivity contribution is -0.141. The van der Waals surface area contributed by atoms with E-state index in [4.69, 9.17) is 10.2 Å². The maximum Gasteiger partial charge on any atom is 0.305 e. The van der Waals surface area contributed by atoms with Crippen molar-refractivity contribution >= 4 is 41.8 Å². The molecule has 34 heavy (non-hydrogen) atoms. The highest BCUT2D eigenvalue weighted by Crippen LogP contribution is 2.07. The van der Waals surface area contributed by atoms with E-state index in [-0.39, 0.29) is 12.8 Å². The van der Waals surface area contributed by atoms with Crippen LogP contribution in [0.1, 0.15) is 19.3 Å². The number of carbonyl (C=O) groups excluding carboxylic acids is 6.